The predicted octanol–water partition coefficient (Wildman–Crippen LogP) is 2.75. The van der Waals surface area contributed by atoms with Crippen molar-refractivity contribution in [1.29, 1.82) is 0 Å². The van der Waals surface area contributed by atoms with Crippen LogP contribution in [0, 0.1) is 5.92 Å². The Hall–Kier alpha value is 0.210. The summed E-state index contributed by atoms with van der Waals surface area (Å²) in [6.07, 6.45) is 3.47. The van der Waals surface area contributed by atoms with E-state index >= 15 is 0 Å². The molecule has 2 nitrogen and oxygen atoms in total. The van der Waals surface area contributed by atoms with Crippen molar-refractivity contribution < 1.29 is 4.74 Å². The van der Waals surface area contributed by atoms with E-state index in [0.29, 0.717) is 5.38 Å². The third kappa shape index (κ3) is 4.71. The van der Waals surface area contributed by atoms with Crippen LogP contribution in [0.4, 0.5) is 0 Å². The molecule has 90 valence electrons. The maximum absolute atomic E-state index is 5.96. The maximum atomic E-state index is 5.96. The zero-order chi connectivity index (χ0) is 11.5. The van der Waals surface area contributed by atoms with E-state index in [2.05, 4.69) is 25.8 Å². The molecule has 0 aromatic heterocycles. The molecule has 0 saturated heterocycles. The Bertz CT molecular complexity index is 190. The molecule has 1 rings (SSSR count). The Labute approximate surface area is 98.9 Å². The van der Waals surface area contributed by atoms with Gasteiger partial charge in [0.15, 0.2) is 0 Å². The van der Waals surface area contributed by atoms with Gasteiger partial charge in [-0.15, -0.1) is 11.6 Å². The van der Waals surface area contributed by atoms with Crippen LogP contribution in [-0.4, -0.2) is 43.1 Å². The molecule has 0 unspecified atom stereocenters. The third-order valence-electron chi connectivity index (χ3n) is 3.40. The van der Waals surface area contributed by atoms with Crippen molar-refractivity contribution >= 4 is 11.6 Å². The van der Waals surface area contributed by atoms with E-state index in [9.17, 15) is 0 Å². The smallest absolute Gasteiger partial charge is 0.0634 e. The van der Waals surface area contributed by atoms with Gasteiger partial charge in [0.2, 0.25) is 0 Å². The van der Waals surface area contributed by atoms with Crippen molar-refractivity contribution in [2.24, 2.45) is 5.92 Å². The minimum absolute atomic E-state index is 0.00287. The van der Waals surface area contributed by atoms with Crippen LogP contribution in [0.3, 0.4) is 0 Å². The van der Waals surface area contributed by atoms with Crippen LogP contribution >= 0.6 is 11.6 Å². The maximum Gasteiger partial charge on any atom is 0.0634 e. The predicted molar refractivity (Wildman–Crippen MR) is 65.6 cm³/mol. The molecule has 1 aliphatic rings. The monoisotopic (exact) mass is 233 g/mol. The molecule has 0 aliphatic heterocycles. The second-order valence-electron chi connectivity index (χ2n) is 5.41. The van der Waals surface area contributed by atoms with Gasteiger partial charge in [0.25, 0.3) is 0 Å². The number of rotatable bonds is 6. The first kappa shape index (κ1) is 13.3. The summed E-state index contributed by atoms with van der Waals surface area (Å²) in [5.74, 6) is 0.822. The van der Waals surface area contributed by atoms with E-state index in [0.717, 1.165) is 18.9 Å². The van der Waals surface area contributed by atoms with Gasteiger partial charge in [-0.05, 0) is 46.1 Å². The average Bonchev–Trinajstić information content (AvgIpc) is 2.13. The van der Waals surface area contributed by atoms with Crippen molar-refractivity contribution in [3.8, 4) is 0 Å². The van der Waals surface area contributed by atoms with Crippen LogP contribution in [0.15, 0.2) is 0 Å². The summed E-state index contributed by atoms with van der Waals surface area (Å²) in [5.41, 5.74) is 0.00287. The van der Waals surface area contributed by atoms with Gasteiger partial charge in [-0.3, -0.25) is 0 Å². The molecule has 0 aromatic carbocycles. The lowest BCUT2D eigenvalue weighted by Gasteiger charge is -2.35. The summed E-state index contributed by atoms with van der Waals surface area (Å²) in [6, 6.07) is 0. The van der Waals surface area contributed by atoms with Crippen molar-refractivity contribution in [1.82, 2.24) is 4.90 Å². The molecule has 15 heavy (non-hydrogen) atoms. The lowest BCUT2D eigenvalue weighted by Crippen LogP contribution is -2.37. The summed E-state index contributed by atoms with van der Waals surface area (Å²) >= 11 is 5.96. The zero-order valence-electron chi connectivity index (χ0n) is 10.4. The highest BCUT2D eigenvalue weighted by Gasteiger charge is 2.28. The van der Waals surface area contributed by atoms with Gasteiger partial charge >= 0.3 is 0 Å². The largest absolute Gasteiger partial charge is 0.379 e. The number of alkyl halides is 1. The van der Waals surface area contributed by atoms with Crippen molar-refractivity contribution in [3.05, 3.63) is 0 Å². The number of halogens is 1. The zero-order valence-corrected chi connectivity index (χ0v) is 11.2. The summed E-state index contributed by atoms with van der Waals surface area (Å²) < 4.78 is 5.40. The lowest BCUT2D eigenvalue weighted by molar-refractivity contribution is 0.00752. The Kier molecular flexibility index (Phi) is 4.88. The average molecular weight is 234 g/mol. The molecular formula is C12H24ClNO. The molecule has 0 aromatic rings. The Morgan fingerprint density at radius 2 is 2.00 bits per heavy atom. The molecule has 0 spiro atoms. The van der Waals surface area contributed by atoms with Gasteiger partial charge in [-0.2, -0.15) is 0 Å². The SMILES string of the molecule is COC(C)(C)CCN(C)CC1CC(Cl)C1. The quantitative estimate of drug-likeness (QED) is 0.655. The molecule has 0 bridgehead atoms. The molecule has 1 aliphatic carbocycles. The highest BCUT2D eigenvalue weighted by molar-refractivity contribution is 6.21. The van der Waals surface area contributed by atoms with Crippen LogP contribution in [0.2, 0.25) is 0 Å². The fraction of sp³-hybridized carbons (Fsp3) is 1.00. The van der Waals surface area contributed by atoms with Gasteiger partial charge < -0.3 is 9.64 Å². The van der Waals surface area contributed by atoms with Crippen molar-refractivity contribution in [2.45, 2.75) is 44.1 Å². The molecule has 3 heteroatoms. The topological polar surface area (TPSA) is 12.5 Å². The molecule has 1 saturated carbocycles. The standard InChI is InChI=1S/C12H24ClNO/c1-12(2,15-4)5-6-14(3)9-10-7-11(13)8-10/h10-11H,5-9H2,1-4H3. The van der Waals surface area contributed by atoms with E-state index in [-0.39, 0.29) is 5.60 Å². The summed E-state index contributed by atoms with van der Waals surface area (Å²) in [6.45, 7) is 6.56. The highest BCUT2D eigenvalue weighted by Crippen LogP contribution is 2.32. The first-order chi connectivity index (χ1) is 6.93. The van der Waals surface area contributed by atoms with Crippen LogP contribution < -0.4 is 0 Å². The first-order valence-corrected chi connectivity index (χ1v) is 6.24. The number of methoxy groups -OCH3 is 1. The second kappa shape index (κ2) is 5.51. The number of ether oxygens (including phenoxy) is 1. The molecule has 1 fully saturated rings. The molecular weight excluding hydrogens is 210 g/mol. The Morgan fingerprint density at radius 3 is 2.47 bits per heavy atom. The molecule has 0 radical (unpaired) electrons. The van der Waals surface area contributed by atoms with Crippen LogP contribution in [0.5, 0.6) is 0 Å². The fourth-order valence-corrected chi connectivity index (χ4v) is 2.40. The number of hydrogen-bond donors (Lipinski definition) is 0. The highest BCUT2D eigenvalue weighted by atomic mass is 35.5. The summed E-state index contributed by atoms with van der Waals surface area (Å²) in [7, 11) is 3.97. The second-order valence-corrected chi connectivity index (χ2v) is 6.03. The van der Waals surface area contributed by atoms with E-state index < -0.39 is 0 Å². The third-order valence-corrected chi connectivity index (χ3v) is 3.75. The summed E-state index contributed by atoms with van der Waals surface area (Å²) in [5, 5.41) is 0.443. The van der Waals surface area contributed by atoms with Crippen molar-refractivity contribution in [2.75, 3.05) is 27.2 Å². The van der Waals surface area contributed by atoms with E-state index in [1.165, 1.54) is 19.4 Å². The van der Waals surface area contributed by atoms with Gasteiger partial charge in [0, 0.05) is 25.6 Å². The van der Waals surface area contributed by atoms with Gasteiger partial charge in [-0.25, -0.2) is 0 Å². The van der Waals surface area contributed by atoms with Crippen molar-refractivity contribution in [3.63, 3.8) is 0 Å². The van der Waals surface area contributed by atoms with Crippen LogP contribution in [0.1, 0.15) is 33.1 Å². The van der Waals surface area contributed by atoms with E-state index in [1.807, 2.05) is 0 Å². The van der Waals surface area contributed by atoms with E-state index in [4.69, 9.17) is 16.3 Å². The van der Waals surface area contributed by atoms with Crippen LogP contribution in [-0.2, 0) is 4.74 Å². The minimum Gasteiger partial charge on any atom is -0.379 e. The minimum atomic E-state index is 0.00287. The van der Waals surface area contributed by atoms with Crippen LogP contribution in [0.25, 0.3) is 0 Å². The normalized spacial score (nSPS) is 26.8. The summed E-state index contributed by atoms with van der Waals surface area (Å²) in [4.78, 5) is 2.40. The van der Waals surface area contributed by atoms with Gasteiger partial charge in [0.05, 0.1) is 5.60 Å². The molecule has 0 heterocycles. The lowest BCUT2D eigenvalue weighted by atomic mass is 9.84. The Balaban J connectivity index is 2.11. The fourth-order valence-electron chi connectivity index (χ4n) is 1.90. The Morgan fingerprint density at radius 1 is 1.40 bits per heavy atom. The molecule has 0 atom stereocenters. The van der Waals surface area contributed by atoms with E-state index in [1.54, 1.807) is 7.11 Å². The molecule has 0 amide bonds. The van der Waals surface area contributed by atoms with Gasteiger partial charge in [-0.1, -0.05) is 0 Å². The molecule has 0 N–H and O–H groups in total. The number of hydrogen-bond acceptors (Lipinski definition) is 2. The first-order valence-electron chi connectivity index (χ1n) is 5.81. The van der Waals surface area contributed by atoms with Gasteiger partial charge in [0.1, 0.15) is 0 Å². The number of nitrogens with zero attached hydrogens (tertiary/aromatic N) is 1.